The fourth-order valence-electron chi connectivity index (χ4n) is 7.11. The first-order valence-corrected chi connectivity index (χ1v) is 26.8. The van der Waals surface area contributed by atoms with Gasteiger partial charge in [-0.25, -0.2) is 9.97 Å². The summed E-state index contributed by atoms with van der Waals surface area (Å²) in [4.78, 5) is 12.9. The Hall–Kier alpha value is -3.81. The van der Waals surface area contributed by atoms with E-state index in [0.29, 0.717) is 12.0 Å². The third kappa shape index (κ3) is 20.1. The molecule has 348 valence electrons. The second-order valence-corrected chi connectivity index (χ2v) is 20.2. The SMILES string of the molecule is C=C(C)C1CC1/C=C\CCCCCN/C(C)=C(/C=C\C)S(=C)(=C)C.C=C(N)C1CCCN1C(=C)C(C)C.CC.CC.CC.CCc1ccc2c(C)cc(-c3csc(C)n3)nc2c1. The molecule has 1 aliphatic carbocycles. The Morgan fingerprint density at radius 1 is 0.984 bits per heavy atom. The van der Waals surface area contributed by atoms with E-state index in [1.54, 1.807) is 11.3 Å². The van der Waals surface area contributed by atoms with Gasteiger partial charge in [0.05, 0.1) is 28.0 Å². The summed E-state index contributed by atoms with van der Waals surface area (Å²) in [5.41, 5.74) is 15.9. The smallest absolute Gasteiger partial charge is 0.0998 e. The van der Waals surface area contributed by atoms with Gasteiger partial charge in [0.25, 0.3) is 0 Å². The molecule has 3 heterocycles. The summed E-state index contributed by atoms with van der Waals surface area (Å²) in [6.07, 6.45) is 20.8. The van der Waals surface area contributed by atoms with E-state index in [0.717, 1.165) is 65.4 Å². The summed E-state index contributed by atoms with van der Waals surface area (Å²) in [5, 5.41) is 7.94. The van der Waals surface area contributed by atoms with Crippen LogP contribution in [-0.4, -0.2) is 52.0 Å². The van der Waals surface area contributed by atoms with E-state index in [9.17, 15) is 0 Å². The van der Waals surface area contributed by atoms with E-state index in [1.807, 2.05) is 55.4 Å². The van der Waals surface area contributed by atoms with Gasteiger partial charge in [-0.05, 0) is 127 Å². The molecule has 3 unspecified atom stereocenters. The van der Waals surface area contributed by atoms with Gasteiger partial charge in [-0.15, -0.1) is 11.3 Å². The molecular weight excluding hydrogens is 795 g/mol. The fourth-order valence-corrected chi connectivity index (χ4v) is 8.99. The molecule has 0 spiro atoms. The predicted octanol–water partition coefficient (Wildman–Crippen LogP) is 15.7. The van der Waals surface area contributed by atoms with Gasteiger partial charge in [-0.2, -0.15) is 9.21 Å². The number of thiazole rings is 1. The highest BCUT2D eigenvalue weighted by molar-refractivity contribution is 8.30. The van der Waals surface area contributed by atoms with Gasteiger partial charge in [0.2, 0.25) is 0 Å². The van der Waals surface area contributed by atoms with Crippen molar-refractivity contribution in [1.29, 1.82) is 0 Å². The zero-order valence-electron chi connectivity index (χ0n) is 42.3. The number of hydrogen-bond acceptors (Lipinski definition) is 6. The Labute approximate surface area is 387 Å². The molecule has 62 heavy (non-hydrogen) atoms. The standard InChI is InChI=1S/C22H37NS.C16H16N2S.C11H20N2.3C2H6/c1-8-14-22(24(5,6)7)19(4)23-16-13-11-9-10-12-15-20-17-21(20)18(2)3;1-4-12-5-6-13-10(2)7-15(18-14(13)8-12)16-9-19-11(3)17-16;1-8(2)10(4)13-7-5-6-11(13)9(3)12;3*1-2/h8,12,14-15,20-21,23H,2,5-6,9-11,13,16-17H2,1,3-4,7H3;5-9H,4H2,1-3H3;8,11H,3-7,12H2,1-2H3;3*1-2H3/b14-8-,15-12-,22-19-;;;;;. The molecule has 1 aliphatic heterocycles. The maximum absolute atomic E-state index is 5.75. The van der Waals surface area contributed by atoms with E-state index < -0.39 is 9.21 Å². The normalized spacial score (nSPS) is 16.9. The van der Waals surface area contributed by atoms with E-state index in [-0.39, 0.29) is 0 Å². The fraction of sp³-hybridized carbons (Fsp3) is 0.527. The maximum atomic E-state index is 5.75. The Bertz CT molecular complexity index is 1990. The minimum absolute atomic E-state index is 0.329. The van der Waals surface area contributed by atoms with Crippen LogP contribution in [0, 0.1) is 31.6 Å². The summed E-state index contributed by atoms with van der Waals surface area (Å²) in [7, 11) is -1.18. The van der Waals surface area contributed by atoms with Crippen LogP contribution in [0.15, 0.2) is 101 Å². The van der Waals surface area contributed by atoms with Crippen molar-refractivity contribution in [2.45, 2.75) is 154 Å². The molecule has 7 heteroatoms. The maximum Gasteiger partial charge on any atom is 0.0998 e. The predicted molar refractivity (Wildman–Crippen MR) is 290 cm³/mol. The van der Waals surface area contributed by atoms with Gasteiger partial charge in [-0.1, -0.05) is 142 Å². The van der Waals surface area contributed by atoms with Gasteiger partial charge in [0.1, 0.15) is 0 Å². The van der Waals surface area contributed by atoms with Crippen molar-refractivity contribution in [2.24, 2.45) is 23.5 Å². The first-order chi connectivity index (χ1) is 29.5. The number of fused-ring (bicyclic) bond motifs is 1. The lowest BCUT2D eigenvalue weighted by molar-refractivity contribution is 0.321. The number of nitrogens with one attached hydrogen (secondary N) is 1. The van der Waals surface area contributed by atoms with Gasteiger partial charge in [0, 0.05) is 45.9 Å². The number of hydrogen-bond donors (Lipinski definition) is 2. The molecule has 2 fully saturated rings. The minimum Gasteiger partial charge on any atom is -0.401 e. The summed E-state index contributed by atoms with van der Waals surface area (Å²) in [6.45, 7) is 43.1. The number of benzene rings is 1. The zero-order chi connectivity index (χ0) is 47.6. The highest BCUT2D eigenvalue weighted by Gasteiger charge is 2.34. The molecular formula is C55H91N5S2. The number of aromatic nitrogens is 2. The molecule has 0 radical (unpaired) electrons. The third-order valence-corrected chi connectivity index (χ3v) is 12.9. The number of nitrogens with zero attached hydrogens (tertiary/aromatic N) is 3. The quantitative estimate of drug-likeness (QED) is 0.0649. The van der Waals surface area contributed by atoms with Crippen LogP contribution in [0.25, 0.3) is 22.3 Å². The van der Waals surface area contributed by atoms with Crippen molar-refractivity contribution in [3.05, 3.63) is 117 Å². The largest absolute Gasteiger partial charge is 0.401 e. The molecule has 0 amide bonds. The van der Waals surface area contributed by atoms with Crippen molar-refractivity contribution in [2.75, 3.05) is 19.3 Å². The van der Waals surface area contributed by atoms with Gasteiger partial charge in [-0.3, -0.25) is 0 Å². The Kier molecular flexibility index (Phi) is 29.2. The van der Waals surface area contributed by atoms with E-state index in [4.69, 9.17) is 10.7 Å². The number of nitrogens with two attached hydrogens (primary N) is 1. The van der Waals surface area contributed by atoms with Crippen LogP contribution >= 0.6 is 20.5 Å². The summed E-state index contributed by atoms with van der Waals surface area (Å²) in [6, 6.07) is 9.00. The molecule has 5 rings (SSSR count). The summed E-state index contributed by atoms with van der Waals surface area (Å²) >= 11 is 1.67. The molecule has 1 aromatic carbocycles. The number of rotatable bonds is 16. The number of aryl methyl sites for hydroxylation is 3. The van der Waals surface area contributed by atoms with Crippen LogP contribution in [0.1, 0.15) is 144 Å². The lowest BCUT2D eigenvalue weighted by Gasteiger charge is -2.30. The molecule has 3 atom stereocenters. The Balaban J connectivity index is 0.000000876. The average Bonchev–Trinajstić information content (AvgIpc) is 3.62. The highest BCUT2D eigenvalue weighted by Crippen LogP contribution is 2.44. The second-order valence-electron chi connectivity index (χ2n) is 16.2. The van der Waals surface area contributed by atoms with Crippen LogP contribution in [0.2, 0.25) is 0 Å². The molecule has 3 aromatic rings. The van der Waals surface area contributed by atoms with Gasteiger partial charge >= 0.3 is 0 Å². The Morgan fingerprint density at radius 2 is 1.65 bits per heavy atom. The van der Waals surface area contributed by atoms with Crippen molar-refractivity contribution in [3.8, 4) is 11.4 Å². The number of allylic oxidation sites excluding steroid dienone is 7. The molecule has 2 aromatic heterocycles. The minimum atomic E-state index is -1.18. The lowest BCUT2D eigenvalue weighted by Crippen LogP contribution is -2.33. The van der Waals surface area contributed by atoms with Crippen LogP contribution < -0.4 is 11.1 Å². The number of unbranched alkanes of at least 4 members (excludes halogenated alkanes) is 3. The first-order valence-electron chi connectivity index (χ1n) is 23.5. The monoisotopic (exact) mass is 886 g/mol. The highest BCUT2D eigenvalue weighted by atomic mass is 32.2. The van der Waals surface area contributed by atoms with Crippen molar-refractivity contribution in [3.63, 3.8) is 0 Å². The van der Waals surface area contributed by atoms with Crippen LogP contribution in [-0.2, 0) is 6.42 Å². The second kappa shape index (κ2) is 31.1. The summed E-state index contributed by atoms with van der Waals surface area (Å²) in [5.74, 6) is 10.5. The van der Waals surface area contributed by atoms with E-state index >= 15 is 0 Å². The van der Waals surface area contributed by atoms with E-state index in [1.165, 1.54) is 76.9 Å². The molecule has 1 saturated carbocycles. The molecule has 1 saturated heterocycles. The van der Waals surface area contributed by atoms with Crippen LogP contribution in [0.3, 0.4) is 0 Å². The average molecular weight is 887 g/mol. The van der Waals surface area contributed by atoms with E-state index in [2.05, 4.69) is 148 Å². The van der Waals surface area contributed by atoms with Crippen LogP contribution in [0.4, 0.5) is 0 Å². The molecule has 5 nitrogen and oxygen atoms in total. The zero-order valence-corrected chi connectivity index (χ0v) is 44.0. The number of likely N-dealkylation sites (tertiary alicyclic amines) is 1. The molecule has 3 N–H and O–H groups in total. The first kappa shape index (κ1) is 58.2. The van der Waals surface area contributed by atoms with Crippen molar-refractivity contribution in [1.82, 2.24) is 20.2 Å². The number of pyridine rings is 1. The third-order valence-electron chi connectivity index (χ3n) is 10.6. The molecule has 2 aliphatic rings. The lowest BCUT2D eigenvalue weighted by atomic mass is 10.0. The van der Waals surface area contributed by atoms with Gasteiger partial charge < -0.3 is 16.0 Å². The van der Waals surface area contributed by atoms with Gasteiger partial charge in [0.15, 0.2) is 0 Å². The Morgan fingerprint density at radius 3 is 2.16 bits per heavy atom. The topological polar surface area (TPSA) is 67.1 Å². The van der Waals surface area contributed by atoms with Crippen molar-refractivity contribution < 1.29 is 0 Å². The summed E-state index contributed by atoms with van der Waals surface area (Å²) < 4.78 is 0. The van der Waals surface area contributed by atoms with Crippen LogP contribution in [0.5, 0.6) is 0 Å². The molecule has 0 bridgehead atoms. The van der Waals surface area contributed by atoms with Crippen molar-refractivity contribution >= 4 is 43.2 Å².